The lowest BCUT2D eigenvalue weighted by Crippen LogP contribution is -2.00. The average molecular weight is 312 g/mol. The van der Waals surface area contributed by atoms with E-state index in [0.29, 0.717) is 28.4 Å². The highest BCUT2D eigenvalue weighted by molar-refractivity contribution is 5.74. The Bertz CT molecular complexity index is 842. The number of ether oxygens (including phenoxy) is 2. The fourth-order valence-corrected chi connectivity index (χ4v) is 2.37. The second-order valence-corrected chi connectivity index (χ2v) is 5.11. The summed E-state index contributed by atoms with van der Waals surface area (Å²) in [5.74, 6) is 1.62. The summed E-state index contributed by atoms with van der Waals surface area (Å²) in [7, 11) is 1.60. The molecule has 23 heavy (non-hydrogen) atoms. The zero-order chi connectivity index (χ0) is 16.2. The van der Waals surface area contributed by atoms with Gasteiger partial charge in [0.25, 0.3) is 0 Å². The van der Waals surface area contributed by atoms with Crippen molar-refractivity contribution < 1.29 is 13.9 Å². The molecular weight excluding hydrogens is 295 g/mol. The maximum atomic E-state index is 13.2. The number of halogens is 1. The molecule has 0 atom stereocenters. The van der Waals surface area contributed by atoms with E-state index in [1.165, 1.54) is 12.1 Å². The molecule has 3 aromatic rings. The second-order valence-electron chi connectivity index (χ2n) is 5.11. The summed E-state index contributed by atoms with van der Waals surface area (Å²) < 4.78 is 24.3. The van der Waals surface area contributed by atoms with Crippen molar-refractivity contribution in [2.45, 2.75) is 13.0 Å². The number of imidazole rings is 1. The van der Waals surface area contributed by atoms with Gasteiger partial charge in [-0.3, -0.25) is 0 Å². The van der Waals surface area contributed by atoms with E-state index in [9.17, 15) is 4.39 Å². The first-order chi connectivity index (χ1) is 11.2. The molecule has 0 saturated heterocycles. The van der Waals surface area contributed by atoms with Gasteiger partial charge in [-0.05, 0) is 42.3 Å². The summed E-state index contributed by atoms with van der Waals surface area (Å²) >= 11 is 0. The van der Waals surface area contributed by atoms with Crippen LogP contribution in [0.25, 0.3) is 11.0 Å². The minimum absolute atomic E-state index is 0.244. The topological polar surface area (TPSA) is 47.1 Å². The highest BCUT2D eigenvalue weighted by atomic mass is 19.1. The SMILES string of the molecule is C=CCc1ccc(OCc2nc3ccc(F)cc3[nH]2)c(OC)c1. The molecule has 1 aromatic heterocycles. The lowest BCUT2D eigenvalue weighted by atomic mass is 10.1. The minimum atomic E-state index is -0.298. The van der Waals surface area contributed by atoms with Crippen LogP contribution in [0.15, 0.2) is 49.1 Å². The number of allylic oxidation sites excluding steroid dienone is 1. The minimum Gasteiger partial charge on any atom is -0.493 e. The molecule has 118 valence electrons. The highest BCUT2D eigenvalue weighted by Crippen LogP contribution is 2.29. The zero-order valence-corrected chi connectivity index (χ0v) is 12.8. The lowest BCUT2D eigenvalue weighted by Gasteiger charge is -2.10. The number of aromatic amines is 1. The van der Waals surface area contributed by atoms with Gasteiger partial charge in [0, 0.05) is 0 Å². The quantitative estimate of drug-likeness (QED) is 0.699. The summed E-state index contributed by atoms with van der Waals surface area (Å²) in [4.78, 5) is 7.42. The van der Waals surface area contributed by atoms with Gasteiger partial charge >= 0.3 is 0 Å². The first-order valence-corrected chi connectivity index (χ1v) is 7.24. The molecule has 0 bridgehead atoms. The van der Waals surface area contributed by atoms with Gasteiger partial charge in [0.2, 0.25) is 0 Å². The molecule has 0 amide bonds. The number of aromatic nitrogens is 2. The van der Waals surface area contributed by atoms with Crippen LogP contribution >= 0.6 is 0 Å². The second kappa shape index (κ2) is 6.52. The van der Waals surface area contributed by atoms with Crippen molar-refractivity contribution in [1.29, 1.82) is 0 Å². The fourth-order valence-electron chi connectivity index (χ4n) is 2.37. The van der Waals surface area contributed by atoms with E-state index in [1.54, 1.807) is 13.2 Å². The van der Waals surface area contributed by atoms with E-state index < -0.39 is 0 Å². The fraction of sp³-hybridized carbons (Fsp3) is 0.167. The summed E-state index contributed by atoms with van der Waals surface area (Å²) in [5, 5.41) is 0. The third-order valence-electron chi connectivity index (χ3n) is 3.47. The molecule has 2 aromatic carbocycles. The van der Waals surface area contributed by atoms with E-state index in [-0.39, 0.29) is 12.4 Å². The van der Waals surface area contributed by atoms with Gasteiger partial charge in [0.15, 0.2) is 11.5 Å². The van der Waals surface area contributed by atoms with Crippen molar-refractivity contribution in [3.63, 3.8) is 0 Å². The van der Waals surface area contributed by atoms with Gasteiger partial charge in [0.05, 0.1) is 18.1 Å². The smallest absolute Gasteiger partial charge is 0.161 e. The molecular formula is C18H17FN2O2. The molecule has 0 saturated carbocycles. The van der Waals surface area contributed by atoms with E-state index in [2.05, 4.69) is 16.5 Å². The van der Waals surface area contributed by atoms with E-state index in [4.69, 9.17) is 9.47 Å². The van der Waals surface area contributed by atoms with Crippen molar-refractivity contribution in [3.05, 3.63) is 66.3 Å². The Kier molecular flexibility index (Phi) is 4.28. The monoisotopic (exact) mass is 312 g/mol. The first kappa shape index (κ1) is 15.1. The standard InChI is InChI=1S/C18H17FN2O2/c1-3-4-12-5-8-16(17(9-12)22-2)23-11-18-20-14-7-6-13(19)10-15(14)21-18/h3,5-10H,1,4,11H2,2H3,(H,20,21). The number of hydrogen-bond acceptors (Lipinski definition) is 3. The normalized spacial score (nSPS) is 10.7. The Morgan fingerprint density at radius 3 is 2.87 bits per heavy atom. The van der Waals surface area contributed by atoms with Crippen LogP contribution in [0.5, 0.6) is 11.5 Å². The molecule has 0 radical (unpaired) electrons. The van der Waals surface area contributed by atoms with Gasteiger partial charge in [0.1, 0.15) is 18.2 Å². The van der Waals surface area contributed by atoms with Crippen LogP contribution in [0, 0.1) is 5.82 Å². The largest absolute Gasteiger partial charge is 0.493 e. The third-order valence-corrected chi connectivity index (χ3v) is 3.47. The van der Waals surface area contributed by atoms with E-state index >= 15 is 0 Å². The van der Waals surface area contributed by atoms with Crippen LogP contribution in [0.2, 0.25) is 0 Å². The predicted molar refractivity (Wildman–Crippen MR) is 87.3 cm³/mol. The number of rotatable bonds is 6. The van der Waals surface area contributed by atoms with Gasteiger partial charge < -0.3 is 14.5 Å². The maximum absolute atomic E-state index is 13.2. The summed E-state index contributed by atoms with van der Waals surface area (Å²) in [6.45, 7) is 3.97. The molecule has 1 N–H and O–H groups in total. The maximum Gasteiger partial charge on any atom is 0.161 e. The Morgan fingerprint density at radius 1 is 1.22 bits per heavy atom. The number of hydrogen-bond donors (Lipinski definition) is 1. The number of H-pyrrole nitrogens is 1. The molecule has 0 spiro atoms. The average Bonchev–Trinajstić information content (AvgIpc) is 2.95. The number of nitrogens with zero attached hydrogens (tertiary/aromatic N) is 1. The molecule has 1 heterocycles. The molecule has 4 nitrogen and oxygen atoms in total. The van der Waals surface area contributed by atoms with E-state index in [0.717, 1.165) is 12.0 Å². The van der Waals surface area contributed by atoms with Crippen LogP contribution in [0.1, 0.15) is 11.4 Å². The van der Waals surface area contributed by atoms with Crippen LogP contribution < -0.4 is 9.47 Å². The number of fused-ring (bicyclic) bond motifs is 1. The zero-order valence-electron chi connectivity index (χ0n) is 12.8. The first-order valence-electron chi connectivity index (χ1n) is 7.24. The Morgan fingerprint density at radius 2 is 2.09 bits per heavy atom. The summed E-state index contributed by atoms with van der Waals surface area (Å²) in [6.07, 6.45) is 2.61. The molecule has 0 aliphatic heterocycles. The Labute approximate surface area is 133 Å². The van der Waals surface area contributed by atoms with Crippen LogP contribution in [0.4, 0.5) is 4.39 Å². The molecule has 5 heteroatoms. The molecule has 0 aliphatic rings. The van der Waals surface area contributed by atoms with E-state index in [1.807, 2.05) is 24.3 Å². The van der Waals surface area contributed by atoms with Crippen LogP contribution in [-0.2, 0) is 13.0 Å². The number of nitrogens with one attached hydrogen (secondary N) is 1. The Hall–Kier alpha value is -2.82. The van der Waals surface area contributed by atoms with Crippen molar-refractivity contribution >= 4 is 11.0 Å². The Balaban J connectivity index is 1.77. The van der Waals surface area contributed by atoms with Gasteiger partial charge in [-0.25, -0.2) is 9.37 Å². The van der Waals surface area contributed by atoms with Crippen molar-refractivity contribution in [1.82, 2.24) is 9.97 Å². The molecule has 0 aliphatic carbocycles. The third kappa shape index (κ3) is 3.34. The van der Waals surface area contributed by atoms with Gasteiger partial charge in [-0.15, -0.1) is 6.58 Å². The lowest BCUT2D eigenvalue weighted by molar-refractivity contribution is 0.277. The predicted octanol–water partition coefficient (Wildman–Crippen LogP) is 4.02. The van der Waals surface area contributed by atoms with Crippen LogP contribution in [-0.4, -0.2) is 17.1 Å². The molecule has 0 fully saturated rings. The summed E-state index contributed by atoms with van der Waals surface area (Å²) in [5.41, 5.74) is 2.46. The molecule has 0 unspecified atom stereocenters. The molecule has 3 rings (SSSR count). The van der Waals surface area contributed by atoms with Gasteiger partial charge in [-0.1, -0.05) is 12.1 Å². The van der Waals surface area contributed by atoms with Crippen molar-refractivity contribution in [3.8, 4) is 11.5 Å². The highest BCUT2D eigenvalue weighted by Gasteiger charge is 2.08. The number of methoxy groups -OCH3 is 1. The van der Waals surface area contributed by atoms with Crippen molar-refractivity contribution in [2.75, 3.05) is 7.11 Å². The summed E-state index contributed by atoms with van der Waals surface area (Å²) in [6, 6.07) is 10.2. The van der Waals surface area contributed by atoms with Gasteiger partial charge in [-0.2, -0.15) is 0 Å². The van der Waals surface area contributed by atoms with Crippen molar-refractivity contribution in [2.24, 2.45) is 0 Å². The number of benzene rings is 2. The van der Waals surface area contributed by atoms with Crippen LogP contribution in [0.3, 0.4) is 0 Å².